The Bertz CT molecular complexity index is 823. The summed E-state index contributed by atoms with van der Waals surface area (Å²) in [5.74, 6) is 0.774. The first kappa shape index (κ1) is 17.8. The van der Waals surface area contributed by atoms with Gasteiger partial charge in [0, 0.05) is 0 Å². The Labute approximate surface area is 151 Å². The molecule has 0 radical (unpaired) electrons. The summed E-state index contributed by atoms with van der Waals surface area (Å²) in [6.07, 6.45) is 1.46. The van der Waals surface area contributed by atoms with Gasteiger partial charge in [-0.3, -0.25) is 0 Å². The van der Waals surface area contributed by atoms with Crippen LogP contribution in [-0.2, 0) is 0 Å². The van der Waals surface area contributed by atoms with Gasteiger partial charge < -0.3 is 0 Å². The van der Waals surface area contributed by atoms with Crippen LogP contribution < -0.4 is 14.4 Å². The van der Waals surface area contributed by atoms with Gasteiger partial charge in [-0.1, -0.05) is 0 Å². The summed E-state index contributed by atoms with van der Waals surface area (Å²) < 4.78 is 11.7. The molecule has 0 aliphatic rings. The molecule has 0 fully saturated rings. The van der Waals surface area contributed by atoms with Crippen molar-refractivity contribution in [1.82, 2.24) is 0 Å². The summed E-state index contributed by atoms with van der Waals surface area (Å²) in [5.41, 5.74) is 1.01. The zero-order valence-corrected chi connectivity index (χ0v) is 14.7. The van der Waals surface area contributed by atoms with E-state index in [1.165, 1.54) is 0 Å². The Morgan fingerprint density at radius 1 is 0.654 bits per heavy atom. The molecule has 3 aromatic rings. The Morgan fingerprint density at radius 3 is 1.46 bits per heavy atom. The average molecular weight is 368 g/mol. The molecule has 0 spiro atoms. The van der Waals surface area contributed by atoms with Gasteiger partial charge in [0.25, 0.3) is 0 Å². The zero-order valence-electron chi connectivity index (χ0n) is 13.7. The van der Waals surface area contributed by atoms with Crippen LogP contribution in [0, 0.1) is 0 Å². The molecule has 0 bridgehead atoms. The molecule has 0 atom stereocenters. The number of hydrogen-bond acceptors (Lipinski definition) is 5. The number of aldehydes is 2. The Hall–Kier alpha value is -3.01. The number of carbonyl (C=O) groups is 2. The first-order chi connectivity index (χ1) is 12.6. The first-order valence-electron chi connectivity index (χ1n) is 7.89. The molecule has 0 heterocycles. The summed E-state index contributed by atoms with van der Waals surface area (Å²) in [7, 11) is -3.84. The van der Waals surface area contributed by atoms with Crippen molar-refractivity contribution in [2.75, 3.05) is 0 Å². The molecular formula is C20H17O5P. The predicted octanol–water partition coefficient (Wildman–Crippen LogP) is 3.58. The van der Waals surface area contributed by atoms with Crippen LogP contribution in [0.15, 0.2) is 78.9 Å². The zero-order chi connectivity index (χ0) is 18.4. The molecule has 0 saturated heterocycles. The van der Waals surface area contributed by atoms with Crippen molar-refractivity contribution in [2.24, 2.45) is 0 Å². The van der Waals surface area contributed by atoms with E-state index in [4.69, 9.17) is 9.05 Å². The Balaban J connectivity index is 1.92. The molecule has 3 rings (SSSR count). The quantitative estimate of drug-likeness (QED) is 0.510. The van der Waals surface area contributed by atoms with Crippen LogP contribution in [-0.4, -0.2) is 17.5 Å². The summed E-state index contributed by atoms with van der Waals surface area (Å²) in [4.78, 5) is 32.8. The normalized spacial score (nSPS) is 11.4. The average Bonchev–Trinajstić information content (AvgIpc) is 2.70. The Morgan fingerprint density at radius 2 is 1.08 bits per heavy atom. The van der Waals surface area contributed by atoms with E-state index >= 15 is 0 Å². The molecule has 0 saturated carbocycles. The topological polar surface area (TPSA) is 72.8 Å². The Kier molecular flexibility index (Phi) is 5.42. The van der Waals surface area contributed by atoms with Gasteiger partial charge >= 0.3 is 151 Å². The fourth-order valence-electron chi connectivity index (χ4n) is 2.34. The van der Waals surface area contributed by atoms with Gasteiger partial charge in [0.05, 0.1) is 0 Å². The molecule has 132 valence electrons. The van der Waals surface area contributed by atoms with Gasteiger partial charge in [0.2, 0.25) is 0 Å². The second-order valence-corrected chi connectivity index (χ2v) is 7.68. The molecule has 6 heteroatoms. The maximum atomic E-state index is 11.2. The van der Waals surface area contributed by atoms with Gasteiger partial charge in [-0.2, -0.15) is 0 Å². The molecule has 0 aliphatic carbocycles. The van der Waals surface area contributed by atoms with Gasteiger partial charge in [-0.15, -0.1) is 0 Å². The molecule has 5 nitrogen and oxygen atoms in total. The molecule has 3 aromatic carbocycles. The fraction of sp³-hybridized carbons (Fsp3) is 0. The van der Waals surface area contributed by atoms with Crippen molar-refractivity contribution in [1.29, 1.82) is 0 Å². The third-order valence-electron chi connectivity index (χ3n) is 3.68. The SMILES string of the molecule is O=Cc1ccc(O[PH](O)(Oc2ccc(C=O)cc2)c2ccccc2)cc1. The van der Waals surface area contributed by atoms with E-state index in [0.29, 0.717) is 27.9 Å². The van der Waals surface area contributed by atoms with Crippen LogP contribution in [0.1, 0.15) is 20.7 Å². The second-order valence-electron chi connectivity index (χ2n) is 5.53. The number of carbonyl (C=O) groups excluding carboxylic acids is 2. The summed E-state index contributed by atoms with van der Waals surface area (Å²) in [6.45, 7) is 0. The van der Waals surface area contributed by atoms with Crippen molar-refractivity contribution < 1.29 is 23.5 Å². The van der Waals surface area contributed by atoms with Crippen LogP contribution >= 0.6 is 7.94 Å². The fourth-order valence-corrected chi connectivity index (χ4v) is 4.14. The van der Waals surface area contributed by atoms with E-state index in [0.717, 1.165) is 12.6 Å². The van der Waals surface area contributed by atoms with Crippen LogP contribution in [0.4, 0.5) is 0 Å². The number of benzene rings is 3. The van der Waals surface area contributed by atoms with E-state index in [1.54, 1.807) is 72.8 Å². The van der Waals surface area contributed by atoms with Gasteiger partial charge in [0.1, 0.15) is 0 Å². The molecular weight excluding hydrogens is 351 g/mol. The van der Waals surface area contributed by atoms with Gasteiger partial charge in [-0.25, -0.2) is 0 Å². The van der Waals surface area contributed by atoms with E-state index < -0.39 is 7.94 Å². The summed E-state index contributed by atoms with van der Waals surface area (Å²) in [6, 6.07) is 21.6. The van der Waals surface area contributed by atoms with Gasteiger partial charge in [-0.05, 0) is 0 Å². The molecule has 0 aromatic heterocycles. The second kappa shape index (κ2) is 7.91. The van der Waals surface area contributed by atoms with Crippen LogP contribution in [0.2, 0.25) is 0 Å². The maximum absolute atomic E-state index is 11.2. The number of hydrogen-bond donors (Lipinski definition) is 1. The molecule has 0 unspecified atom stereocenters. The number of rotatable bonds is 7. The predicted molar refractivity (Wildman–Crippen MR) is 102 cm³/mol. The van der Waals surface area contributed by atoms with Crippen LogP contribution in [0.3, 0.4) is 0 Å². The monoisotopic (exact) mass is 368 g/mol. The van der Waals surface area contributed by atoms with Crippen molar-refractivity contribution in [2.45, 2.75) is 0 Å². The van der Waals surface area contributed by atoms with Crippen LogP contribution in [0.25, 0.3) is 0 Å². The minimum absolute atomic E-state index is 0.387. The third kappa shape index (κ3) is 4.14. The van der Waals surface area contributed by atoms with Gasteiger partial charge in [0.15, 0.2) is 0 Å². The molecule has 0 aliphatic heterocycles. The third-order valence-corrected chi connectivity index (χ3v) is 5.77. The van der Waals surface area contributed by atoms with Crippen molar-refractivity contribution in [3.8, 4) is 11.5 Å². The van der Waals surface area contributed by atoms with Crippen molar-refractivity contribution in [3.05, 3.63) is 90.0 Å². The van der Waals surface area contributed by atoms with E-state index in [2.05, 4.69) is 0 Å². The first-order valence-corrected chi connectivity index (χ1v) is 9.66. The molecule has 1 N–H and O–H groups in total. The van der Waals surface area contributed by atoms with E-state index in [9.17, 15) is 14.5 Å². The van der Waals surface area contributed by atoms with Crippen molar-refractivity contribution >= 4 is 25.8 Å². The molecule has 0 amide bonds. The standard InChI is InChI=1S/C20H17O5P/c21-14-16-6-10-18(11-7-16)24-26(23,20-4-2-1-3-5-20)25-19-12-8-17(15-22)9-13-19/h1-15,23,26H. The van der Waals surface area contributed by atoms with E-state index in [1.807, 2.05) is 6.07 Å². The summed E-state index contributed by atoms with van der Waals surface area (Å²) >= 11 is 0. The summed E-state index contributed by atoms with van der Waals surface area (Å²) in [5, 5.41) is 0.527. The minimum atomic E-state index is -3.84. The van der Waals surface area contributed by atoms with E-state index in [-0.39, 0.29) is 0 Å². The van der Waals surface area contributed by atoms with Crippen LogP contribution in [0.5, 0.6) is 11.5 Å². The van der Waals surface area contributed by atoms with Crippen molar-refractivity contribution in [3.63, 3.8) is 0 Å². The molecule has 26 heavy (non-hydrogen) atoms.